The molecular weight excluding hydrogens is 348 g/mol. The molecule has 1 aliphatic heterocycles. The first kappa shape index (κ1) is 20.3. The first-order chi connectivity index (χ1) is 12.9. The van der Waals surface area contributed by atoms with Crippen molar-refractivity contribution in [1.29, 1.82) is 5.26 Å². The van der Waals surface area contributed by atoms with Gasteiger partial charge in [-0.1, -0.05) is 12.1 Å². The maximum atomic E-state index is 12.8. The Hall–Kier alpha value is -2.98. The van der Waals surface area contributed by atoms with Crippen LogP contribution < -0.4 is 0 Å². The van der Waals surface area contributed by atoms with Gasteiger partial charge in [-0.05, 0) is 31.5 Å². The maximum Gasteiger partial charge on any atom is 0.336 e. The van der Waals surface area contributed by atoms with Crippen LogP contribution in [0.3, 0.4) is 0 Å². The Balaban J connectivity index is 2.57. The van der Waals surface area contributed by atoms with Crippen molar-refractivity contribution in [3.05, 3.63) is 46.7 Å². The van der Waals surface area contributed by atoms with Gasteiger partial charge in [0.1, 0.15) is 12.5 Å². The lowest BCUT2D eigenvalue weighted by Crippen LogP contribution is -2.36. The number of benzene rings is 1. The van der Waals surface area contributed by atoms with Gasteiger partial charge >= 0.3 is 11.9 Å². The van der Waals surface area contributed by atoms with Gasteiger partial charge in [0.2, 0.25) is 0 Å². The summed E-state index contributed by atoms with van der Waals surface area (Å²) in [6, 6.07) is 8.89. The molecule has 0 radical (unpaired) electrons. The number of hydrogen-bond acceptors (Lipinski definition) is 7. The average Bonchev–Trinajstić information content (AvgIpc) is 2.66. The second kappa shape index (κ2) is 9.10. The molecule has 1 aromatic carbocycles. The first-order valence-electron chi connectivity index (χ1n) is 8.44. The monoisotopic (exact) mass is 370 g/mol. The number of hydrogen-bond donors (Lipinski definition) is 0. The highest BCUT2D eigenvalue weighted by Gasteiger charge is 2.42. The van der Waals surface area contributed by atoms with Crippen LogP contribution in [0.4, 0.5) is 0 Å². The van der Waals surface area contributed by atoms with Crippen LogP contribution in [-0.2, 0) is 23.8 Å². The Kier molecular flexibility index (Phi) is 6.85. The molecule has 0 spiro atoms. The molecule has 2 rings (SSSR count). The van der Waals surface area contributed by atoms with E-state index in [0.717, 1.165) is 0 Å². The van der Waals surface area contributed by atoms with Gasteiger partial charge in [0, 0.05) is 24.4 Å². The molecule has 0 fully saturated rings. The maximum absolute atomic E-state index is 12.8. The van der Waals surface area contributed by atoms with Gasteiger partial charge in [-0.15, -0.1) is 0 Å². The number of carbonyl (C=O) groups excluding carboxylic acids is 2. The van der Waals surface area contributed by atoms with Crippen LogP contribution in [0.25, 0.3) is 0 Å². The lowest BCUT2D eigenvalue weighted by Gasteiger charge is -2.31. The third-order valence-corrected chi connectivity index (χ3v) is 4.40. The second-order valence-electron chi connectivity index (χ2n) is 6.10. The summed E-state index contributed by atoms with van der Waals surface area (Å²) in [5.74, 6) is -2.50. The van der Waals surface area contributed by atoms with E-state index >= 15 is 0 Å². The van der Waals surface area contributed by atoms with Crippen molar-refractivity contribution in [2.45, 2.75) is 19.8 Å². The highest BCUT2D eigenvalue weighted by atomic mass is 16.6. The summed E-state index contributed by atoms with van der Waals surface area (Å²) >= 11 is 0. The molecule has 7 nitrogen and oxygen atoms in total. The second-order valence-corrected chi connectivity index (χ2v) is 6.10. The highest BCUT2D eigenvalue weighted by Crippen LogP contribution is 2.40. The summed E-state index contributed by atoms with van der Waals surface area (Å²) in [5.41, 5.74) is 2.38. The minimum absolute atomic E-state index is 0.0860. The summed E-state index contributed by atoms with van der Waals surface area (Å²) in [7, 11) is 2.80. The van der Waals surface area contributed by atoms with Crippen LogP contribution in [0, 0.1) is 17.2 Å². The smallest absolute Gasteiger partial charge is 0.336 e. The van der Waals surface area contributed by atoms with Gasteiger partial charge < -0.3 is 14.2 Å². The standard InChI is InChI=1S/C20H22N2O5/c1-12-16(19(23)26-4)18(15-7-5-6-14(10-15)11-21)17(13(2)22-12)20(24)27-9-8-25-3/h5-7,10,16,18H,8-9H2,1-4H3. The zero-order valence-electron chi connectivity index (χ0n) is 15.8. The Bertz CT molecular complexity index is 835. The van der Waals surface area contributed by atoms with Gasteiger partial charge in [0.15, 0.2) is 0 Å². The normalized spacial score (nSPS) is 19.1. The number of nitriles is 1. The van der Waals surface area contributed by atoms with E-state index in [-0.39, 0.29) is 18.8 Å². The molecule has 7 heteroatoms. The van der Waals surface area contributed by atoms with Gasteiger partial charge in [-0.2, -0.15) is 5.26 Å². The summed E-state index contributed by atoms with van der Waals surface area (Å²) in [4.78, 5) is 29.6. The number of nitrogens with zero attached hydrogens (tertiary/aromatic N) is 2. The zero-order valence-corrected chi connectivity index (χ0v) is 15.8. The quantitative estimate of drug-likeness (QED) is 0.563. The minimum atomic E-state index is -0.780. The molecule has 142 valence electrons. The van der Waals surface area contributed by atoms with E-state index in [4.69, 9.17) is 14.2 Å². The summed E-state index contributed by atoms with van der Waals surface area (Å²) < 4.78 is 15.2. The molecule has 1 aromatic rings. The van der Waals surface area contributed by atoms with Crippen molar-refractivity contribution >= 4 is 17.7 Å². The number of methoxy groups -OCH3 is 2. The predicted molar refractivity (Wildman–Crippen MR) is 98.0 cm³/mol. The topological polar surface area (TPSA) is 98.0 Å². The molecule has 0 amide bonds. The molecule has 2 unspecified atom stereocenters. The van der Waals surface area contributed by atoms with E-state index in [9.17, 15) is 14.9 Å². The largest absolute Gasteiger partial charge is 0.468 e. The molecular formula is C20H22N2O5. The van der Waals surface area contributed by atoms with Crippen molar-refractivity contribution in [2.24, 2.45) is 10.9 Å². The lowest BCUT2D eigenvalue weighted by molar-refractivity contribution is -0.144. The van der Waals surface area contributed by atoms with Gasteiger partial charge in [-0.25, -0.2) is 4.79 Å². The number of aliphatic imine (C=N–C) groups is 1. The van der Waals surface area contributed by atoms with E-state index in [0.29, 0.717) is 22.5 Å². The molecule has 0 saturated carbocycles. The van der Waals surface area contributed by atoms with Gasteiger partial charge in [0.25, 0.3) is 0 Å². The minimum Gasteiger partial charge on any atom is -0.468 e. The van der Waals surface area contributed by atoms with E-state index in [1.807, 2.05) is 0 Å². The van der Waals surface area contributed by atoms with Crippen molar-refractivity contribution < 1.29 is 23.8 Å². The molecule has 0 saturated heterocycles. The van der Waals surface area contributed by atoms with Crippen LogP contribution >= 0.6 is 0 Å². The fourth-order valence-corrected chi connectivity index (χ4v) is 3.19. The molecule has 1 aliphatic rings. The van der Waals surface area contributed by atoms with Crippen LogP contribution in [0.5, 0.6) is 0 Å². The number of ether oxygens (including phenoxy) is 3. The number of carbonyl (C=O) groups is 2. The number of allylic oxidation sites excluding steroid dienone is 1. The van der Waals surface area contributed by atoms with Gasteiger partial charge in [0.05, 0.1) is 30.9 Å². The summed E-state index contributed by atoms with van der Waals surface area (Å²) in [6.45, 7) is 3.77. The predicted octanol–water partition coefficient (Wildman–Crippen LogP) is 2.37. The third-order valence-electron chi connectivity index (χ3n) is 4.40. The SMILES string of the molecule is COCCOC(=O)C1=C(C)N=C(C)C(C(=O)OC)C1c1cccc(C#N)c1. The van der Waals surface area contributed by atoms with Crippen LogP contribution in [-0.4, -0.2) is 45.1 Å². The lowest BCUT2D eigenvalue weighted by atomic mass is 9.75. The Morgan fingerprint density at radius 2 is 1.96 bits per heavy atom. The van der Waals surface area contributed by atoms with Crippen LogP contribution in [0.1, 0.15) is 30.9 Å². The summed E-state index contributed by atoms with van der Waals surface area (Å²) in [5, 5.41) is 9.22. The van der Waals surface area contributed by atoms with Crippen molar-refractivity contribution in [3.63, 3.8) is 0 Å². The average molecular weight is 370 g/mol. The Labute approximate surface area is 158 Å². The zero-order chi connectivity index (χ0) is 20.0. The van der Waals surface area contributed by atoms with Crippen molar-refractivity contribution in [3.8, 4) is 6.07 Å². The Morgan fingerprint density at radius 3 is 2.59 bits per heavy atom. The van der Waals surface area contributed by atoms with Crippen LogP contribution in [0.2, 0.25) is 0 Å². The number of rotatable bonds is 6. The molecule has 0 aromatic heterocycles. The van der Waals surface area contributed by atoms with E-state index in [1.54, 1.807) is 38.1 Å². The number of esters is 2. The molecule has 2 atom stereocenters. The fourth-order valence-electron chi connectivity index (χ4n) is 3.19. The molecule has 0 bridgehead atoms. The van der Waals surface area contributed by atoms with E-state index < -0.39 is 23.8 Å². The van der Waals surface area contributed by atoms with E-state index in [1.165, 1.54) is 14.2 Å². The van der Waals surface area contributed by atoms with Crippen molar-refractivity contribution in [2.75, 3.05) is 27.4 Å². The fraction of sp³-hybridized carbons (Fsp3) is 0.400. The molecule has 27 heavy (non-hydrogen) atoms. The highest BCUT2D eigenvalue weighted by molar-refractivity contribution is 6.07. The van der Waals surface area contributed by atoms with Crippen molar-refractivity contribution in [1.82, 2.24) is 0 Å². The first-order valence-corrected chi connectivity index (χ1v) is 8.44. The molecule has 1 heterocycles. The summed E-state index contributed by atoms with van der Waals surface area (Å²) in [6.07, 6.45) is 0. The molecule has 0 N–H and O–H groups in total. The van der Waals surface area contributed by atoms with Gasteiger partial charge in [-0.3, -0.25) is 9.79 Å². The third kappa shape index (κ3) is 4.41. The molecule has 0 aliphatic carbocycles. The van der Waals surface area contributed by atoms with E-state index in [2.05, 4.69) is 11.1 Å². The van der Waals surface area contributed by atoms with Crippen LogP contribution in [0.15, 0.2) is 40.5 Å². The Morgan fingerprint density at radius 1 is 1.22 bits per heavy atom.